The highest BCUT2D eigenvalue weighted by molar-refractivity contribution is 6.08. The molecule has 2 nitrogen and oxygen atoms in total. The maximum atomic E-state index is 4.20. The third kappa shape index (κ3) is 1.82. The Labute approximate surface area is 84.4 Å². The minimum absolute atomic E-state index is 1.01. The van der Waals surface area contributed by atoms with Crippen LogP contribution in [-0.2, 0) is 6.32 Å². The van der Waals surface area contributed by atoms with Crippen molar-refractivity contribution in [3.63, 3.8) is 0 Å². The van der Waals surface area contributed by atoms with Gasteiger partial charge in [-0.2, -0.15) is 0 Å². The van der Waals surface area contributed by atoms with E-state index in [0.717, 1.165) is 17.4 Å². The fourth-order valence-electron chi connectivity index (χ4n) is 1.37. The number of hydrogen-bond acceptors (Lipinski definition) is 2. The monoisotopic (exact) mass is 182 g/mol. The second kappa shape index (κ2) is 4.05. The smallest absolute Gasteiger partial charge is 0.107 e. The van der Waals surface area contributed by atoms with E-state index in [-0.39, 0.29) is 0 Å². The molecule has 0 saturated carbocycles. The van der Waals surface area contributed by atoms with Crippen LogP contribution in [0, 0.1) is 0 Å². The first-order valence-corrected chi connectivity index (χ1v) is 4.74. The quantitative estimate of drug-likeness (QED) is 0.653. The Morgan fingerprint density at radius 2 is 1.93 bits per heavy atom. The first-order chi connectivity index (χ1) is 6.90. The molecule has 0 radical (unpaired) electrons. The normalized spacial score (nSPS) is 10.0. The summed E-state index contributed by atoms with van der Waals surface area (Å²) in [5, 5.41) is 0. The lowest BCUT2D eigenvalue weighted by atomic mass is 9.96. The summed E-state index contributed by atoms with van der Waals surface area (Å²) in [5.41, 5.74) is 3.51. The standard InChI is InChI=1S/C11H11BN2/c12-5-9-4-11(8-14-6-9)10-2-1-3-13-7-10/h1-4,6-8H,5,12H2. The van der Waals surface area contributed by atoms with Gasteiger partial charge in [0.05, 0.1) is 0 Å². The second-order valence-electron chi connectivity index (χ2n) is 3.18. The van der Waals surface area contributed by atoms with Gasteiger partial charge < -0.3 is 0 Å². The highest BCUT2D eigenvalue weighted by Gasteiger charge is 1.98. The lowest BCUT2D eigenvalue weighted by molar-refractivity contribution is 1.24. The summed E-state index contributed by atoms with van der Waals surface area (Å²) in [4.78, 5) is 8.29. The lowest BCUT2D eigenvalue weighted by Crippen LogP contribution is -1.87. The van der Waals surface area contributed by atoms with E-state index in [2.05, 4.69) is 23.9 Å². The minimum atomic E-state index is 1.01. The van der Waals surface area contributed by atoms with Crippen LogP contribution in [0.2, 0.25) is 0 Å². The van der Waals surface area contributed by atoms with E-state index in [4.69, 9.17) is 0 Å². The van der Waals surface area contributed by atoms with Gasteiger partial charge in [0.25, 0.3) is 0 Å². The number of aromatic nitrogens is 2. The maximum Gasteiger partial charge on any atom is 0.107 e. The van der Waals surface area contributed by atoms with Crippen molar-refractivity contribution in [2.75, 3.05) is 0 Å². The Morgan fingerprint density at radius 3 is 2.64 bits per heavy atom. The Kier molecular flexibility index (Phi) is 2.59. The van der Waals surface area contributed by atoms with E-state index >= 15 is 0 Å². The van der Waals surface area contributed by atoms with Crippen LogP contribution in [0.1, 0.15) is 5.56 Å². The molecule has 0 aliphatic heterocycles. The largest absolute Gasteiger partial charge is 0.264 e. The molecule has 2 aromatic rings. The Hall–Kier alpha value is -1.64. The van der Waals surface area contributed by atoms with Crippen molar-refractivity contribution in [3.8, 4) is 11.1 Å². The van der Waals surface area contributed by atoms with E-state index in [9.17, 15) is 0 Å². The highest BCUT2D eigenvalue weighted by Crippen LogP contribution is 2.17. The molecular formula is C11H11BN2. The predicted octanol–water partition coefficient (Wildman–Crippen LogP) is 1.28. The molecule has 2 aromatic heterocycles. The van der Waals surface area contributed by atoms with Gasteiger partial charge in [-0.05, 0) is 17.7 Å². The van der Waals surface area contributed by atoms with Crippen LogP contribution in [0.4, 0.5) is 0 Å². The molecule has 0 aliphatic carbocycles. The van der Waals surface area contributed by atoms with Crippen molar-refractivity contribution >= 4 is 7.85 Å². The summed E-state index contributed by atoms with van der Waals surface area (Å²) in [6.45, 7) is 0. The van der Waals surface area contributed by atoms with Gasteiger partial charge in [0, 0.05) is 35.9 Å². The minimum Gasteiger partial charge on any atom is -0.264 e. The molecule has 0 bridgehead atoms. The van der Waals surface area contributed by atoms with Crippen LogP contribution < -0.4 is 0 Å². The zero-order chi connectivity index (χ0) is 9.80. The topological polar surface area (TPSA) is 25.8 Å². The van der Waals surface area contributed by atoms with Crippen LogP contribution in [0.15, 0.2) is 43.0 Å². The molecule has 0 saturated heterocycles. The van der Waals surface area contributed by atoms with Crippen LogP contribution in [0.25, 0.3) is 11.1 Å². The van der Waals surface area contributed by atoms with E-state index in [1.165, 1.54) is 5.56 Å². The molecule has 0 fully saturated rings. The van der Waals surface area contributed by atoms with Gasteiger partial charge in [0.2, 0.25) is 0 Å². The van der Waals surface area contributed by atoms with Gasteiger partial charge in [-0.15, -0.1) is 0 Å². The van der Waals surface area contributed by atoms with Crippen molar-refractivity contribution in [1.82, 2.24) is 9.97 Å². The number of rotatable bonds is 2. The second-order valence-corrected chi connectivity index (χ2v) is 3.18. The Bertz CT molecular complexity index is 415. The molecule has 2 heterocycles. The number of nitrogens with zero attached hydrogens (tertiary/aromatic N) is 2. The molecule has 0 atom stereocenters. The van der Waals surface area contributed by atoms with Gasteiger partial charge >= 0.3 is 0 Å². The highest BCUT2D eigenvalue weighted by atomic mass is 14.6. The lowest BCUT2D eigenvalue weighted by Gasteiger charge is -2.01. The summed E-state index contributed by atoms with van der Waals surface area (Å²) >= 11 is 0. The predicted molar refractivity (Wildman–Crippen MR) is 59.7 cm³/mol. The van der Waals surface area contributed by atoms with Crippen molar-refractivity contribution in [2.45, 2.75) is 6.32 Å². The van der Waals surface area contributed by atoms with Crippen LogP contribution >= 0.6 is 0 Å². The molecule has 68 valence electrons. The van der Waals surface area contributed by atoms with Gasteiger partial charge in [-0.25, -0.2) is 0 Å². The van der Waals surface area contributed by atoms with Gasteiger partial charge in [0.1, 0.15) is 7.85 Å². The van der Waals surface area contributed by atoms with E-state index < -0.39 is 0 Å². The number of pyridine rings is 2. The van der Waals surface area contributed by atoms with Crippen LogP contribution in [0.5, 0.6) is 0 Å². The SMILES string of the molecule is BCc1cncc(-c2cccnc2)c1. The molecule has 0 unspecified atom stereocenters. The average molecular weight is 182 g/mol. The molecule has 2 rings (SSSR count). The fraction of sp³-hybridized carbons (Fsp3) is 0.0909. The van der Waals surface area contributed by atoms with Gasteiger partial charge in [-0.1, -0.05) is 12.4 Å². The van der Waals surface area contributed by atoms with Crippen molar-refractivity contribution in [3.05, 3.63) is 48.5 Å². The zero-order valence-corrected chi connectivity index (χ0v) is 8.14. The summed E-state index contributed by atoms with van der Waals surface area (Å²) in [6.07, 6.45) is 8.42. The molecule has 3 heteroatoms. The molecule has 14 heavy (non-hydrogen) atoms. The van der Waals surface area contributed by atoms with E-state index in [1.807, 2.05) is 30.7 Å². The first-order valence-electron chi connectivity index (χ1n) is 4.74. The zero-order valence-electron chi connectivity index (χ0n) is 8.14. The maximum absolute atomic E-state index is 4.20. The van der Waals surface area contributed by atoms with Gasteiger partial charge in [0.15, 0.2) is 0 Å². The van der Waals surface area contributed by atoms with Crippen LogP contribution in [0.3, 0.4) is 0 Å². The molecule has 0 aromatic carbocycles. The molecular weight excluding hydrogens is 171 g/mol. The summed E-state index contributed by atoms with van der Waals surface area (Å²) < 4.78 is 0. The number of hydrogen-bond donors (Lipinski definition) is 0. The van der Waals surface area contributed by atoms with Crippen LogP contribution in [-0.4, -0.2) is 17.8 Å². The third-order valence-electron chi connectivity index (χ3n) is 2.20. The third-order valence-corrected chi connectivity index (χ3v) is 2.20. The van der Waals surface area contributed by atoms with Crippen molar-refractivity contribution < 1.29 is 0 Å². The first kappa shape index (κ1) is 8.94. The fourth-order valence-corrected chi connectivity index (χ4v) is 1.37. The van der Waals surface area contributed by atoms with E-state index in [1.54, 1.807) is 6.20 Å². The molecule has 0 amide bonds. The Balaban J connectivity index is 2.42. The average Bonchev–Trinajstić information content (AvgIpc) is 2.30. The van der Waals surface area contributed by atoms with Crippen molar-refractivity contribution in [1.29, 1.82) is 0 Å². The van der Waals surface area contributed by atoms with Gasteiger partial charge in [-0.3, -0.25) is 9.97 Å². The van der Waals surface area contributed by atoms with E-state index in [0.29, 0.717) is 0 Å². The molecule has 0 spiro atoms. The molecule has 0 N–H and O–H groups in total. The Morgan fingerprint density at radius 1 is 1.07 bits per heavy atom. The summed E-state index contributed by atoms with van der Waals surface area (Å²) in [5.74, 6) is 0. The van der Waals surface area contributed by atoms with Crippen molar-refractivity contribution in [2.24, 2.45) is 0 Å². The summed E-state index contributed by atoms with van der Waals surface area (Å²) in [7, 11) is 2.13. The summed E-state index contributed by atoms with van der Waals surface area (Å²) in [6, 6.07) is 6.14. The molecule has 0 aliphatic rings.